The molecule has 0 spiro atoms. The van der Waals surface area contributed by atoms with Crippen LogP contribution in [0.3, 0.4) is 0 Å². The standard InChI is InChI=1S/C17H20N6O2S2/c1-2-7-21-13-19-23(17(21)26)14-20-8-10-22(11-9-20)27(24,25)16-6-4-3-5-15(16)12-18/h2-6,13H,1,7-11,14H2. The predicted molar refractivity (Wildman–Crippen MR) is 103 cm³/mol. The van der Waals surface area contributed by atoms with E-state index in [1.165, 1.54) is 16.4 Å². The first-order chi connectivity index (χ1) is 13.0. The number of piperazine rings is 1. The maximum Gasteiger partial charge on any atom is 0.244 e. The van der Waals surface area contributed by atoms with Crippen molar-refractivity contribution in [1.29, 1.82) is 5.26 Å². The third kappa shape index (κ3) is 4.01. The highest BCUT2D eigenvalue weighted by atomic mass is 32.2. The molecule has 1 aliphatic rings. The molecule has 0 N–H and O–H groups in total. The average molecular weight is 405 g/mol. The van der Waals surface area contributed by atoms with Crippen LogP contribution in [0.15, 0.2) is 48.1 Å². The lowest BCUT2D eigenvalue weighted by molar-refractivity contribution is 0.144. The van der Waals surface area contributed by atoms with Crippen molar-refractivity contribution in [3.8, 4) is 6.07 Å². The van der Waals surface area contributed by atoms with Crippen LogP contribution in [0.1, 0.15) is 5.56 Å². The highest BCUT2D eigenvalue weighted by Crippen LogP contribution is 2.21. The molecule has 1 aromatic heterocycles. The zero-order valence-electron chi connectivity index (χ0n) is 14.7. The largest absolute Gasteiger partial charge is 0.303 e. The quantitative estimate of drug-likeness (QED) is 0.535. The van der Waals surface area contributed by atoms with E-state index in [1.54, 1.807) is 29.2 Å². The van der Waals surface area contributed by atoms with Crippen molar-refractivity contribution < 1.29 is 8.42 Å². The van der Waals surface area contributed by atoms with Crippen LogP contribution in [-0.2, 0) is 23.2 Å². The first kappa shape index (κ1) is 19.4. The zero-order chi connectivity index (χ0) is 19.4. The molecule has 1 aromatic carbocycles. The number of aromatic nitrogens is 3. The Hall–Kier alpha value is -2.32. The van der Waals surface area contributed by atoms with Crippen molar-refractivity contribution >= 4 is 22.2 Å². The molecule has 1 fully saturated rings. The van der Waals surface area contributed by atoms with Gasteiger partial charge in [0, 0.05) is 32.7 Å². The summed E-state index contributed by atoms with van der Waals surface area (Å²) in [7, 11) is -3.69. The van der Waals surface area contributed by atoms with Gasteiger partial charge in [-0.1, -0.05) is 18.2 Å². The summed E-state index contributed by atoms with van der Waals surface area (Å²) in [5.41, 5.74) is 0.166. The number of sulfonamides is 1. The first-order valence-corrected chi connectivity index (χ1v) is 10.3. The van der Waals surface area contributed by atoms with E-state index in [4.69, 9.17) is 12.2 Å². The number of rotatable bonds is 6. The monoisotopic (exact) mass is 404 g/mol. The van der Waals surface area contributed by atoms with Gasteiger partial charge in [-0.2, -0.15) is 14.7 Å². The van der Waals surface area contributed by atoms with Gasteiger partial charge in [0.1, 0.15) is 12.4 Å². The number of hydrogen-bond acceptors (Lipinski definition) is 6. The molecule has 0 radical (unpaired) electrons. The highest BCUT2D eigenvalue weighted by Gasteiger charge is 2.30. The van der Waals surface area contributed by atoms with E-state index in [0.717, 1.165) is 0 Å². The fraction of sp³-hybridized carbons (Fsp3) is 0.353. The van der Waals surface area contributed by atoms with Gasteiger partial charge in [-0.3, -0.25) is 4.90 Å². The van der Waals surface area contributed by atoms with Crippen molar-refractivity contribution in [2.45, 2.75) is 18.1 Å². The van der Waals surface area contributed by atoms with Crippen LogP contribution in [0.2, 0.25) is 0 Å². The van der Waals surface area contributed by atoms with Crippen LogP contribution in [-0.4, -0.2) is 58.1 Å². The summed E-state index contributed by atoms with van der Waals surface area (Å²) in [6, 6.07) is 8.24. The molecule has 142 valence electrons. The Kier molecular flexibility index (Phi) is 5.86. The van der Waals surface area contributed by atoms with Gasteiger partial charge in [0.25, 0.3) is 0 Å². The summed E-state index contributed by atoms with van der Waals surface area (Å²) in [4.78, 5) is 2.16. The molecule has 0 atom stereocenters. The lowest BCUT2D eigenvalue weighted by Gasteiger charge is -2.33. The van der Waals surface area contributed by atoms with E-state index in [9.17, 15) is 13.7 Å². The van der Waals surface area contributed by atoms with Gasteiger partial charge in [0.2, 0.25) is 10.0 Å². The molecule has 2 heterocycles. The van der Waals surface area contributed by atoms with E-state index in [0.29, 0.717) is 44.2 Å². The van der Waals surface area contributed by atoms with Gasteiger partial charge < -0.3 is 4.57 Å². The fourth-order valence-electron chi connectivity index (χ4n) is 2.96. The lowest BCUT2D eigenvalue weighted by atomic mass is 10.2. The SMILES string of the molecule is C=CCn1cnn(CN2CCN(S(=O)(=O)c3ccccc3C#N)CC2)c1=S. The molecule has 2 aromatic rings. The first-order valence-electron chi connectivity index (χ1n) is 8.42. The highest BCUT2D eigenvalue weighted by molar-refractivity contribution is 7.89. The molecule has 0 amide bonds. The second-order valence-corrected chi connectivity index (χ2v) is 8.40. The molecule has 0 unspecified atom stereocenters. The molecular weight excluding hydrogens is 384 g/mol. The van der Waals surface area contributed by atoms with Gasteiger partial charge in [-0.05, 0) is 24.4 Å². The van der Waals surface area contributed by atoms with Gasteiger partial charge in [0.15, 0.2) is 4.77 Å². The number of benzene rings is 1. The molecule has 8 nitrogen and oxygen atoms in total. The Balaban J connectivity index is 1.68. The van der Waals surface area contributed by atoms with Gasteiger partial charge in [0.05, 0.1) is 17.1 Å². The Morgan fingerprint density at radius 1 is 1.26 bits per heavy atom. The lowest BCUT2D eigenvalue weighted by Crippen LogP contribution is -2.49. The van der Waals surface area contributed by atoms with E-state index in [2.05, 4.69) is 16.6 Å². The summed E-state index contributed by atoms with van der Waals surface area (Å²) >= 11 is 5.39. The van der Waals surface area contributed by atoms with Crippen molar-refractivity contribution in [3.63, 3.8) is 0 Å². The van der Waals surface area contributed by atoms with Crippen LogP contribution in [0, 0.1) is 16.1 Å². The molecule has 0 saturated carbocycles. The van der Waals surface area contributed by atoms with E-state index in [-0.39, 0.29) is 10.5 Å². The summed E-state index contributed by atoms with van der Waals surface area (Å²) in [5, 5.41) is 13.5. The van der Waals surface area contributed by atoms with Crippen molar-refractivity contribution in [2.24, 2.45) is 0 Å². The molecule has 0 bridgehead atoms. The van der Waals surface area contributed by atoms with Crippen LogP contribution >= 0.6 is 12.2 Å². The van der Waals surface area contributed by atoms with Crippen LogP contribution in [0.5, 0.6) is 0 Å². The van der Waals surface area contributed by atoms with Crippen molar-refractivity contribution in [2.75, 3.05) is 26.2 Å². The number of nitriles is 1. The minimum Gasteiger partial charge on any atom is -0.303 e. The molecule has 1 aliphatic heterocycles. The predicted octanol–water partition coefficient (Wildman–Crippen LogP) is 1.44. The summed E-state index contributed by atoms with van der Waals surface area (Å²) in [6.07, 6.45) is 3.42. The van der Waals surface area contributed by atoms with Crippen LogP contribution < -0.4 is 0 Å². The minimum atomic E-state index is -3.69. The van der Waals surface area contributed by atoms with E-state index < -0.39 is 10.0 Å². The molecule has 27 heavy (non-hydrogen) atoms. The molecule has 0 aliphatic carbocycles. The number of nitrogens with zero attached hydrogens (tertiary/aromatic N) is 6. The molecule has 10 heteroatoms. The third-order valence-electron chi connectivity index (χ3n) is 4.41. The second kappa shape index (κ2) is 8.14. The third-order valence-corrected chi connectivity index (χ3v) is 6.82. The minimum absolute atomic E-state index is 0.0614. The van der Waals surface area contributed by atoms with Crippen LogP contribution in [0.4, 0.5) is 0 Å². The van der Waals surface area contributed by atoms with Gasteiger partial charge in [-0.25, -0.2) is 13.1 Å². The maximum atomic E-state index is 12.9. The maximum absolute atomic E-state index is 12.9. The smallest absolute Gasteiger partial charge is 0.244 e. The fourth-order valence-corrected chi connectivity index (χ4v) is 4.75. The molecular formula is C17H20N6O2S2. The Labute approximate surface area is 163 Å². The van der Waals surface area contributed by atoms with Gasteiger partial charge in [-0.15, -0.1) is 6.58 Å². The average Bonchev–Trinajstić information content (AvgIpc) is 3.02. The zero-order valence-corrected chi connectivity index (χ0v) is 16.4. The Morgan fingerprint density at radius 3 is 2.63 bits per heavy atom. The normalized spacial score (nSPS) is 16.1. The van der Waals surface area contributed by atoms with Crippen molar-refractivity contribution in [3.05, 3.63) is 53.6 Å². The Morgan fingerprint density at radius 2 is 1.96 bits per heavy atom. The Bertz CT molecular complexity index is 1030. The molecule has 3 rings (SSSR count). The van der Waals surface area contributed by atoms with Crippen LogP contribution in [0.25, 0.3) is 0 Å². The number of allylic oxidation sites excluding steroid dienone is 1. The summed E-state index contributed by atoms with van der Waals surface area (Å²) < 4.78 is 31.3. The topological polar surface area (TPSA) is 87.2 Å². The van der Waals surface area contributed by atoms with E-state index >= 15 is 0 Å². The van der Waals surface area contributed by atoms with Gasteiger partial charge >= 0.3 is 0 Å². The van der Waals surface area contributed by atoms with Crippen molar-refractivity contribution in [1.82, 2.24) is 23.6 Å². The summed E-state index contributed by atoms with van der Waals surface area (Å²) in [6.45, 7) is 6.62. The molecule has 1 saturated heterocycles. The second-order valence-electron chi connectivity index (χ2n) is 6.13. The van der Waals surface area contributed by atoms with E-state index in [1.807, 2.05) is 10.6 Å². The number of hydrogen-bond donors (Lipinski definition) is 0. The summed E-state index contributed by atoms with van der Waals surface area (Å²) in [5.74, 6) is 0.